The zero-order valence-electron chi connectivity index (χ0n) is 13.2. The third kappa shape index (κ3) is 2.52. The predicted octanol–water partition coefficient (Wildman–Crippen LogP) is 4.65. The second-order valence-electron chi connectivity index (χ2n) is 5.37. The number of fused-ring (bicyclic) bond motifs is 2. The van der Waals surface area contributed by atoms with E-state index in [0.29, 0.717) is 11.3 Å². The van der Waals surface area contributed by atoms with Gasteiger partial charge >= 0.3 is 6.16 Å². The van der Waals surface area contributed by atoms with Gasteiger partial charge in [0.15, 0.2) is 5.78 Å². The molecule has 0 aliphatic carbocycles. The maximum atomic E-state index is 11.7. The van der Waals surface area contributed by atoms with Crippen molar-refractivity contribution in [2.45, 2.75) is 13.8 Å². The minimum Gasteiger partial charge on any atom is -0.437 e. The van der Waals surface area contributed by atoms with Crippen LogP contribution < -0.4 is 4.74 Å². The fourth-order valence-electron chi connectivity index (χ4n) is 2.81. The summed E-state index contributed by atoms with van der Waals surface area (Å²) in [7, 11) is 1.27. The van der Waals surface area contributed by atoms with E-state index in [1.54, 1.807) is 12.1 Å². The summed E-state index contributed by atoms with van der Waals surface area (Å²) in [5.41, 5.74) is 1.64. The summed E-state index contributed by atoms with van der Waals surface area (Å²) < 4.78 is 10.0. The van der Waals surface area contributed by atoms with Crippen LogP contribution in [0, 0.1) is 6.92 Å². The minimum atomic E-state index is -0.784. The van der Waals surface area contributed by atoms with Crippen LogP contribution in [0.4, 0.5) is 4.79 Å². The van der Waals surface area contributed by atoms with Gasteiger partial charge in [-0.3, -0.25) is 4.79 Å². The second-order valence-corrected chi connectivity index (χ2v) is 5.37. The number of carbonyl (C=O) groups is 2. The van der Waals surface area contributed by atoms with Crippen molar-refractivity contribution in [3.05, 3.63) is 53.6 Å². The third-order valence-corrected chi connectivity index (χ3v) is 4.00. The molecule has 0 N–H and O–H groups in total. The number of carbonyl (C=O) groups excluding carboxylic acids is 2. The number of aryl methyl sites for hydroxylation is 1. The van der Waals surface area contributed by atoms with Crippen molar-refractivity contribution in [3.63, 3.8) is 0 Å². The Kier molecular flexibility index (Phi) is 3.74. The van der Waals surface area contributed by atoms with Crippen molar-refractivity contribution in [1.82, 2.24) is 0 Å². The average molecular weight is 308 g/mol. The van der Waals surface area contributed by atoms with E-state index in [0.717, 1.165) is 27.1 Å². The number of ketones is 1. The molecule has 116 valence electrons. The molecule has 0 fully saturated rings. The lowest BCUT2D eigenvalue weighted by molar-refractivity contribution is 0.101. The van der Waals surface area contributed by atoms with Gasteiger partial charge in [0.25, 0.3) is 0 Å². The lowest BCUT2D eigenvalue weighted by Crippen LogP contribution is -2.08. The molecule has 0 spiro atoms. The van der Waals surface area contributed by atoms with E-state index in [-0.39, 0.29) is 5.78 Å². The Balaban J connectivity index is 2.44. The molecule has 4 heteroatoms. The van der Waals surface area contributed by atoms with Crippen LogP contribution in [0.25, 0.3) is 21.5 Å². The summed E-state index contributed by atoms with van der Waals surface area (Å²) in [6.45, 7) is 3.52. The minimum absolute atomic E-state index is 0.0401. The Labute approximate surface area is 133 Å². The molecule has 0 aliphatic heterocycles. The van der Waals surface area contributed by atoms with E-state index in [4.69, 9.17) is 4.74 Å². The molecule has 0 radical (unpaired) electrons. The third-order valence-electron chi connectivity index (χ3n) is 4.00. The highest BCUT2D eigenvalue weighted by molar-refractivity contribution is 6.11. The van der Waals surface area contributed by atoms with Crippen molar-refractivity contribution in [3.8, 4) is 5.75 Å². The molecule has 23 heavy (non-hydrogen) atoms. The van der Waals surface area contributed by atoms with Crippen LogP contribution in [0.3, 0.4) is 0 Å². The molecule has 0 atom stereocenters. The van der Waals surface area contributed by atoms with Crippen LogP contribution in [0.2, 0.25) is 0 Å². The van der Waals surface area contributed by atoms with E-state index in [1.807, 2.05) is 37.3 Å². The molecule has 0 aliphatic rings. The van der Waals surface area contributed by atoms with Crippen LogP contribution >= 0.6 is 0 Å². The molecule has 3 aromatic carbocycles. The molecule has 0 saturated carbocycles. The second kappa shape index (κ2) is 5.72. The number of benzene rings is 3. The van der Waals surface area contributed by atoms with Crippen molar-refractivity contribution in [2.75, 3.05) is 7.11 Å². The molecule has 0 saturated heterocycles. The van der Waals surface area contributed by atoms with Gasteiger partial charge in [0.1, 0.15) is 5.75 Å². The van der Waals surface area contributed by atoms with Gasteiger partial charge in [0.05, 0.1) is 7.11 Å². The highest BCUT2D eigenvalue weighted by Gasteiger charge is 2.16. The van der Waals surface area contributed by atoms with E-state index in [2.05, 4.69) is 4.74 Å². The van der Waals surface area contributed by atoms with Gasteiger partial charge in [-0.25, -0.2) is 4.79 Å². The Morgan fingerprint density at radius 3 is 2.22 bits per heavy atom. The fraction of sp³-hybridized carbons (Fsp3) is 0.158. The molecule has 0 unspecified atom stereocenters. The molecule has 0 aromatic heterocycles. The molecular weight excluding hydrogens is 292 g/mol. The van der Waals surface area contributed by atoms with Crippen molar-refractivity contribution >= 4 is 33.5 Å². The maximum absolute atomic E-state index is 11.7. The highest BCUT2D eigenvalue weighted by atomic mass is 16.7. The number of hydrogen-bond donors (Lipinski definition) is 0. The zero-order chi connectivity index (χ0) is 16.6. The Morgan fingerprint density at radius 1 is 0.913 bits per heavy atom. The van der Waals surface area contributed by atoms with Gasteiger partial charge in [-0.1, -0.05) is 36.4 Å². The summed E-state index contributed by atoms with van der Waals surface area (Å²) in [6.07, 6.45) is -0.784. The van der Waals surface area contributed by atoms with Gasteiger partial charge in [0, 0.05) is 16.3 Å². The number of Topliss-reactive ketones (excluding diaryl/α,β-unsaturated/α-hetero) is 1. The maximum Gasteiger partial charge on any atom is 0.513 e. The van der Waals surface area contributed by atoms with Crippen LogP contribution in [0.15, 0.2) is 42.5 Å². The largest absolute Gasteiger partial charge is 0.513 e. The Bertz CT molecular complexity index is 941. The number of methoxy groups -OCH3 is 1. The molecular formula is C19H16O4. The van der Waals surface area contributed by atoms with E-state index in [9.17, 15) is 9.59 Å². The quantitative estimate of drug-likeness (QED) is 0.299. The topological polar surface area (TPSA) is 52.6 Å². The van der Waals surface area contributed by atoms with E-state index < -0.39 is 6.16 Å². The normalized spacial score (nSPS) is 10.7. The highest BCUT2D eigenvalue weighted by Crippen LogP contribution is 2.38. The SMILES string of the molecule is COC(=O)Oc1c2ccccc2c(C)c2ccc(C(C)=O)cc12. The summed E-state index contributed by atoms with van der Waals surface area (Å²) in [4.78, 5) is 23.4. The first-order valence-corrected chi connectivity index (χ1v) is 7.24. The smallest absolute Gasteiger partial charge is 0.437 e. The first kappa shape index (κ1) is 15.0. The Hall–Kier alpha value is -2.88. The number of ether oxygens (including phenoxy) is 2. The molecule has 0 bridgehead atoms. The van der Waals surface area contributed by atoms with Gasteiger partial charge in [-0.2, -0.15) is 0 Å². The molecule has 0 heterocycles. The first-order valence-electron chi connectivity index (χ1n) is 7.24. The molecule has 3 aromatic rings. The summed E-state index contributed by atoms with van der Waals surface area (Å²) in [6, 6.07) is 13.1. The molecule has 0 amide bonds. The molecule has 3 rings (SSSR count). The number of hydrogen-bond acceptors (Lipinski definition) is 4. The van der Waals surface area contributed by atoms with Crippen molar-refractivity contribution in [2.24, 2.45) is 0 Å². The predicted molar refractivity (Wildman–Crippen MR) is 89.2 cm³/mol. The molecule has 4 nitrogen and oxygen atoms in total. The standard InChI is InChI=1S/C19H16O4/c1-11-14-6-4-5-7-16(14)18(23-19(21)22-3)17-10-13(12(2)20)8-9-15(11)17/h4-10H,1-3H3. The summed E-state index contributed by atoms with van der Waals surface area (Å²) >= 11 is 0. The average Bonchev–Trinajstić information content (AvgIpc) is 2.57. The van der Waals surface area contributed by atoms with Crippen LogP contribution in [0.5, 0.6) is 5.75 Å². The van der Waals surface area contributed by atoms with Crippen LogP contribution in [0.1, 0.15) is 22.8 Å². The fourth-order valence-corrected chi connectivity index (χ4v) is 2.81. The zero-order valence-corrected chi connectivity index (χ0v) is 13.2. The van der Waals surface area contributed by atoms with Gasteiger partial charge in [0.2, 0.25) is 0 Å². The van der Waals surface area contributed by atoms with Crippen molar-refractivity contribution < 1.29 is 19.1 Å². The lowest BCUT2D eigenvalue weighted by atomic mass is 9.94. The van der Waals surface area contributed by atoms with Crippen molar-refractivity contribution in [1.29, 1.82) is 0 Å². The van der Waals surface area contributed by atoms with Gasteiger partial charge < -0.3 is 9.47 Å². The summed E-state index contributed by atoms with van der Waals surface area (Å²) in [5, 5.41) is 3.46. The van der Waals surface area contributed by atoms with E-state index in [1.165, 1.54) is 14.0 Å². The Morgan fingerprint density at radius 2 is 1.57 bits per heavy atom. The first-order chi connectivity index (χ1) is 11.0. The summed E-state index contributed by atoms with van der Waals surface area (Å²) in [5.74, 6) is 0.373. The lowest BCUT2D eigenvalue weighted by Gasteiger charge is -2.14. The van der Waals surface area contributed by atoms with Crippen LogP contribution in [-0.2, 0) is 4.74 Å². The van der Waals surface area contributed by atoms with Crippen LogP contribution in [-0.4, -0.2) is 19.0 Å². The number of rotatable bonds is 2. The van der Waals surface area contributed by atoms with Gasteiger partial charge in [-0.15, -0.1) is 0 Å². The van der Waals surface area contributed by atoms with Gasteiger partial charge in [-0.05, 0) is 36.2 Å². The van der Waals surface area contributed by atoms with E-state index >= 15 is 0 Å². The monoisotopic (exact) mass is 308 g/mol.